The number of carbonyl (C=O) groups is 2. The van der Waals surface area contributed by atoms with Crippen molar-refractivity contribution in [2.24, 2.45) is 11.8 Å². The van der Waals surface area contributed by atoms with Crippen molar-refractivity contribution in [3.63, 3.8) is 0 Å². The predicted molar refractivity (Wildman–Crippen MR) is 137 cm³/mol. The minimum Gasteiger partial charge on any atom is -0.366 e. The van der Waals surface area contributed by atoms with E-state index in [4.69, 9.17) is 0 Å². The SMILES string of the molecule is CC[C@H](C)CCc1ccc(CC(=O)N2c3nc(C(=O)C[C@H](C)C(F)(F)F)ccc3N3CCC[C@H]2C3)nc1. The van der Waals surface area contributed by atoms with Crippen LogP contribution in [0.5, 0.6) is 0 Å². The van der Waals surface area contributed by atoms with Crippen LogP contribution in [0.4, 0.5) is 24.7 Å². The van der Waals surface area contributed by atoms with E-state index in [0.717, 1.165) is 56.8 Å². The molecular formula is C28H35F3N4O2. The van der Waals surface area contributed by atoms with E-state index < -0.39 is 24.3 Å². The molecule has 1 amide bonds. The lowest BCUT2D eigenvalue weighted by molar-refractivity contribution is -0.168. The first-order valence-electron chi connectivity index (χ1n) is 13.2. The number of fused-ring (bicyclic) bond motifs is 4. The highest BCUT2D eigenvalue weighted by molar-refractivity contribution is 6.00. The monoisotopic (exact) mass is 516 g/mol. The molecule has 9 heteroatoms. The van der Waals surface area contributed by atoms with Crippen LogP contribution in [0.15, 0.2) is 30.5 Å². The Bertz CT molecular complexity index is 1120. The van der Waals surface area contributed by atoms with Crippen LogP contribution in [0.3, 0.4) is 0 Å². The minimum atomic E-state index is -4.45. The van der Waals surface area contributed by atoms with Gasteiger partial charge in [-0.2, -0.15) is 13.2 Å². The van der Waals surface area contributed by atoms with Gasteiger partial charge in [-0.05, 0) is 55.4 Å². The van der Waals surface area contributed by atoms with Crippen molar-refractivity contribution in [2.45, 2.75) is 77.9 Å². The summed E-state index contributed by atoms with van der Waals surface area (Å²) in [7, 11) is 0. The molecule has 2 aromatic heterocycles. The zero-order chi connectivity index (χ0) is 26.7. The van der Waals surface area contributed by atoms with Gasteiger partial charge in [0.25, 0.3) is 0 Å². The lowest BCUT2D eigenvalue weighted by Crippen LogP contribution is -2.55. The third kappa shape index (κ3) is 6.30. The van der Waals surface area contributed by atoms with Gasteiger partial charge in [0.1, 0.15) is 5.69 Å². The van der Waals surface area contributed by atoms with E-state index in [1.165, 1.54) is 6.07 Å². The Kier molecular flexibility index (Phi) is 8.19. The highest BCUT2D eigenvalue weighted by Gasteiger charge is 2.40. The molecule has 37 heavy (non-hydrogen) atoms. The number of carbonyl (C=O) groups excluding carboxylic acids is 2. The number of piperidine rings is 1. The maximum Gasteiger partial charge on any atom is 0.391 e. The zero-order valence-corrected chi connectivity index (χ0v) is 21.7. The van der Waals surface area contributed by atoms with Crippen LogP contribution in [-0.4, -0.2) is 47.0 Å². The second-order valence-electron chi connectivity index (χ2n) is 10.5. The lowest BCUT2D eigenvalue weighted by atomic mass is 9.97. The molecule has 0 aliphatic carbocycles. The molecule has 3 atom stereocenters. The number of nitrogens with zero attached hydrogens (tertiary/aromatic N) is 4. The third-order valence-corrected chi connectivity index (χ3v) is 7.63. The van der Waals surface area contributed by atoms with Crippen molar-refractivity contribution < 1.29 is 22.8 Å². The molecular weight excluding hydrogens is 481 g/mol. The summed E-state index contributed by atoms with van der Waals surface area (Å²) in [4.78, 5) is 39.0. The van der Waals surface area contributed by atoms with Gasteiger partial charge < -0.3 is 4.90 Å². The van der Waals surface area contributed by atoms with Gasteiger partial charge in [0, 0.05) is 31.4 Å². The number of hydrogen-bond acceptors (Lipinski definition) is 5. The van der Waals surface area contributed by atoms with Crippen molar-refractivity contribution in [3.05, 3.63) is 47.4 Å². The van der Waals surface area contributed by atoms with E-state index in [9.17, 15) is 22.8 Å². The standard InChI is InChI=1S/C28H35F3N4O2/c1-4-18(2)7-8-20-9-10-21(32-16-20)15-26(37)35-22-6-5-13-34(17-22)24-12-11-23(33-27(24)35)25(36)14-19(3)28(29,30)31/h9-12,16,18-19,22H,4-8,13-15,17H2,1-3H3/t18-,19-,22-/m0/s1. The van der Waals surface area contributed by atoms with Gasteiger partial charge in [-0.3, -0.25) is 19.5 Å². The minimum absolute atomic E-state index is 0.0439. The van der Waals surface area contributed by atoms with Crippen LogP contribution in [0.1, 0.15) is 74.6 Å². The predicted octanol–water partition coefficient (Wildman–Crippen LogP) is 5.78. The topological polar surface area (TPSA) is 66.4 Å². The van der Waals surface area contributed by atoms with Gasteiger partial charge in [0.05, 0.1) is 24.1 Å². The van der Waals surface area contributed by atoms with Crippen LogP contribution in [0, 0.1) is 11.8 Å². The molecule has 200 valence electrons. The Hall–Kier alpha value is -2.97. The second kappa shape index (κ2) is 11.2. The first-order chi connectivity index (χ1) is 17.6. The fraction of sp³-hybridized carbons (Fsp3) is 0.571. The van der Waals surface area contributed by atoms with Gasteiger partial charge in [0.2, 0.25) is 5.91 Å². The maximum absolute atomic E-state index is 13.6. The number of anilines is 2. The summed E-state index contributed by atoms with van der Waals surface area (Å²) in [5, 5.41) is 0. The number of rotatable bonds is 9. The molecule has 0 N–H and O–H groups in total. The summed E-state index contributed by atoms with van der Waals surface area (Å²) < 4.78 is 39.0. The third-order valence-electron chi connectivity index (χ3n) is 7.63. The Morgan fingerprint density at radius 2 is 1.95 bits per heavy atom. The van der Waals surface area contributed by atoms with E-state index >= 15 is 0 Å². The van der Waals surface area contributed by atoms with E-state index in [-0.39, 0.29) is 24.1 Å². The summed E-state index contributed by atoms with van der Waals surface area (Å²) in [6.45, 7) is 6.88. The average molecular weight is 517 g/mol. The summed E-state index contributed by atoms with van der Waals surface area (Å²) in [5.41, 5.74) is 2.49. The van der Waals surface area contributed by atoms with E-state index in [1.807, 2.05) is 18.3 Å². The molecule has 2 aliphatic rings. The summed E-state index contributed by atoms with van der Waals surface area (Å²) >= 11 is 0. The van der Waals surface area contributed by atoms with Gasteiger partial charge in [-0.1, -0.05) is 33.3 Å². The van der Waals surface area contributed by atoms with E-state index in [1.54, 1.807) is 11.0 Å². The number of Topliss-reactive ketones (excluding diaryl/α,β-unsaturated/α-hetero) is 1. The summed E-state index contributed by atoms with van der Waals surface area (Å²) in [5.74, 6) is -1.61. The molecule has 0 radical (unpaired) electrons. The number of pyridine rings is 2. The summed E-state index contributed by atoms with van der Waals surface area (Å²) in [6.07, 6.45) is 1.68. The van der Waals surface area contributed by atoms with Crippen LogP contribution < -0.4 is 9.80 Å². The second-order valence-corrected chi connectivity index (χ2v) is 10.5. The Morgan fingerprint density at radius 1 is 1.16 bits per heavy atom. The number of hydrogen-bond donors (Lipinski definition) is 0. The van der Waals surface area contributed by atoms with Gasteiger partial charge in [0.15, 0.2) is 11.6 Å². The van der Waals surface area contributed by atoms with Gasteiger partial charge in [-0.15, -0.1) is 0 Å². The molecule has 2 aromatic rings. The molecule has 0 aromatic carbocycles. The highest BCUT2D eigenvalue weighted by Crippen LogP contribution is 2.39. The molecule has 4 heterocycles. The molecule has 4 rings (SSSR count). The summed E-state index contributed by atoms with van der Waals surface area (Å²) in [6, 6.07) is 6.98. The fourth-order valence-corrected chi connectivity index (χ4v) is 4.96. The van der Waals surface area contributed by atoms with Crippen molar-refractivity contribution in [1.82, 2.24) is 9.97 Å². The Labute approximate surface area is 216 Å². The van der Waals surface area contributed by atoms with Crippen LogP contribution in [-0.2, 0) is 17.6 Å². The molecule has 6 nitrogen and oxygen atoms in total. The molecule has 0 unspecified atom stereocenters. The average Bonchev–Trinajstić information content (AvgIpc) is 2.87. The largest absolute Gasteiger partial charge is 0.391 e. The molecule has 2 aliphatic heterocycles. The lowest BCUT2D eigenvalue weighted by Gasteiger charge is -2.46. The number of halogens is 3. The maximum atomic E-state index is 13.6. The Morgan fingerprint density at radius 3 is 2.62 bits per heavy atom. The number of aryl methyl sites for hydroxylation is 1. The van der Waals surface area contributed by atoms with Crippen molar-refractivity contribution in [2.75, 3.05) is 22.9 Å². The number of ketones is 1. The van der Waals surface area contributed by atoms with Crippen LogP contribution >= 0.6 is 0 Å². The number of amides is 1. The molecule has 1 saturated heterocycles. The van der Waals surface area contributed by atoms with Crippen molar-refractivity contribution in [3.8, 4) is 0 Å². The van der Waals surface area contributed by atoms with Crippen molar-refractivity contribution >= 4 is 23.2 Å². The van der Waals surface area contributed by atoms with E-state index in [0.29, 0.717) is 24.0 Å². The Balaban J connectivity index is 1.54. The first kappa shape index (κ1) is 27.1. The van der Waals surface area contributed by atoms with E-state index in [2.05, 4.69) is 28.7 Å². The normalized spacial score (nSPS) is 18.8. The zero-order valence-electron chi connectivity index (χ0n) is 21.7. The van der Waals surface area contributed by atoms with Crippen molar-refractivity contribution in [1.29, 1.82) is 0 Å². The first-order valence-corrected chi connectivity index (χ1v) is 13.2. The van der Waals surface area contributed by atoms with Gasteiger partial charge in [-0.25, -0.2) is 4.98 Å². The number of aromatic nitrogens is 2. The van der Waals surface area contributed by atoms with Crippen LogP contribution in [0.25, 0.3) is 0 Å². The quantitative estimate of drug-likeness (QED) is 0.395. The smallest absolute Gasteiger partial charge is 0.366 e. The van der Waals surface area contributed by atoms with Gasteiger partial charge >= 0.3 is 6.18 Å². The highest BCUT2D eigenvalue weighted by atomic mass is 19.4. The van der Waals surface area contributed by atoms with Crippen LogP contribution in [0.2, 0.25) is 0 Å². The fourth-order valence-electron chi connectivity index (χ4n) is 4.96. The number of alkyl halides is 3. The molecule has 2 bridgehead atoms. The molecule has 0 saturated carbocycles. The molecule has 1 fully saturated rings. The molecule has 0 spiro atoms.